The zero-order valence-electron chi connectivity index (χ0n) is 13.6. The summed E-state index contributed by atoms with van der Waals surface area (Å²) in [4.78, 5) is 27.8. The first-order chi connectivity index (χ1) is 9.74. The van der Waals surface area contributed by atoms with Gasteiger partial charge in [0.2, 0.25) is 5.78 Å². The van der Waals surface area contributed by atoms with Crippen molar-refractivity contribution in [2.45, 2.75) is 45.6 Å². The minimum atomic E-state index is -1.12. The second-order valence-corrected chi connectivity index (χ2v) is 12.0. The first kappa shape index (κ1) is 17.8. The molecule has 0 fully saturated rings. The molecule has 0 N–H and O–H groups in total. The number of hydrogen-bond donors (Lipinski definition) is 0. The molecule has 0 aromatic carbocycles. The van der Waals surface area contributed by atoms with Crippen molar-refractivity contribution in [1.82, 2.24) is 0 Å². The SMILES string of the molecule is CCOC(=O)C1=NC(COCC[Si](C)(C)C)C=C(C)C1=O. The molecule has 0 aromatic heterocycles. The molecule has 0 radical (unpaired) electrons. The minimum Gasteiger partial charge on any atom is -0.461 e. The lowest BCUT2D eigenvalue weighted by atomic mass is 10.0. The number of hydrogen-bond acceptors (Lipinski definition) is 5. The van der Waals surface area contributed by atoms with Gasteiger partial charge < -0.3 is 9.47 Å². The third-order valence-electron chi connectivity index (χ3n) is 3.06. The second kappa shape index (κ2) is 7.65. The van der Waals surface area contributed by atoms with Gasteiger partial charge in [0.25, 0.3) is 0 Å². The van der Waals surface area contributed by atoms with E-state index in [2.05, 4.69) is 24.6 Å². The van der Waals surface area contributed by atoms with E-state index < -0.39 is 14.0 Å². The number of dihydropyridines is 1. The van der Waals surface area contributed by atoms with Crippen LogP contribution in [-0.4, -0.2) is 51.4 Å². The third-order valence-corrected chi connectivity index (χ3v) is 4.77. The van der Waals surface area contributed by atoms with Crippen LogP contribution in [0.5, 0.6) is 0 Å². The molecule has 0 saturated heterocycles. The van der Waals surface area contributed by atoms with Gasteiger partial charge in [0.05, 0.1) is 19.3 Å². The fraction of sp³-hybridized carbons (Fsp3) is 0.667. The van der Waals surface area contributed by atoms with Gasteiger partial charge in [0.1, 0.15) is 0 Å². The van der Waals surface area contributed by atoms with Crippen molar-refractivity contribution in [3.63, 3.8) is 0 Å². The smallest absolute Gasteiger partial charge is 0.360 e. The number of nitrogens with zero attached hydrogens (tertiary/aromatic N) is 1. The lowest BCUT2D eigenvalue weighted by Gasteiger charge is -2.19. The summed E-state index contributed by atoms with van der Waals surface area (Å²) >= 11 is 0. The number of aliphatic imine (C=N–C) groups is 1. The number of allylic oxidation sites excluding steroid dienone is 1. The molecule has 118 valence electrons. The van der Waals surface area contributed by atoms with Crippen molar-refractivity contribution in [3.05, 3.63) is 11.6 Å². The summed E-state index contributed by atoms with van der Waals surface area (Å²) in [5, 5.41) is 0. The maximum absolute atomic E-state index is 11.9. The van der Waals surface area contributed by atoms with Gasteiger partial charge in [-0.1, -0.05) is 25.7 Å². The third kappa shape index (κ3) is 5.93. The largest absolute Gasteiger partial charge is 0.461 e. The Morgan fingerprint density at radius 2 is 2.05 bits per heavy atom. The quantitative estimate of drug-likeness (QED) is 0.411. The first-order valence-corrected chi connectivity index (χ1v) is 11.0. The highest BCUT2D eigenvalue weighted by atomic mass is 28.3. The predicted molar refractivity (Wildman–Crippen MR) is 85.6 cm³/mol. The molecule has 1 aliphatic heterocycles. The van der Waals surface area contributed by atoms with E-state index in [0.29, 0.717) is 18.8 Å². The van der Waals surface area contributed by atoms with Crippen molar-refractivity contribution in [2.75, 3.05) is 19.8 Å². The van der Waals surface area contributed by atoms with Crippen molar-refractivity contribution < 1.29 is 19.1 Å². The van der Waals surface area contributed by atoms with E-state index in [-0.39, 0.29) is 24.1 Å². The molecular weight excluding hydrogens is 286 g/mol. The van der Waals surface area contributed by atoms with Crippen LogP contribution in [0.2, 0.25) is 25.7 Å². The Hall–Kier alpha value is -1.27. The summed E-state index contributed by atoms with van der Waals surface area (Å²) in [5.74, 6) is -1.01. The molecule has 5 nitrogen and oxygen atoms in total. The van der Waals surface area contributed by atoms with Gasteiger partial charge in [-0.15, -0.1) is 0 Å². The average molecular weight is 311 g/mol. The molecule has 1 heterocycles. The fourth-order valence-electron chi connectivity index (χ4n) is 1.83. The van der Waals surface area contributed by atoms with Crippen LogP contribution in [0.4, 0.5) is 0 Å². The van der Waals surface area contributed by atoms with E-state index in [4.69, 9.17) is 9.47 Å². The summed E-state index contributed by atoms with van der Waals surface area (Å²) < 4.78 is 10.5. The van der Waals surface area contributed by atoms with E-state index >= 15 is 0 Å². The van der Waals surface area contributed by atoms with Gasteiger partial charge in [-0.25, -0.2) is 4.79 Å². The minimum absolute atomic E-state index is 0.115. The summed E-state index contributed by atoms with van der Waals surface area (Å²) in [6, 6.07) is 0.791. The van der Waals surface area contributed by atoms with Gasteiger partial charge in [-0.2, -0.15) is 0 Å². The van der Waals surface area contributed by atoms with E-state index in [1.54, 1.807) is 19.9 Å². The molecule has 1 rings (SSSR count). The molecular formula is C15H25NO4Si. The van der Waals surface area contributed by atoms with E-state index in [0.717, 1.165) is 6.04 Å². The van der Waals surface area contributed by atoms with E-state index in [1.807, 2.05) is 0 Å². The molecule has 6 heteroatoms. The normalized spacial score (nSPS) is 19.1. The van der Waals surface area contributed by atoms with Crippen molar-refractivity contribution in [2.24, 2.45) is 4.99 Å². The standard InChI is InChI=1S/C15H25NO4Si/c1-6-20-15(18)13-14(17)11(2)9-12(16-13)10-19-7-8-21(3,4)5/h9,12H,6-8,10H2,1-5H3. The highest BCUT2D eigenvalue weighted by molar-refractivity contribution is 6.76. The topological polar surface area (TPSA) is 65.0 Å². The number of ketones is 1. The molecule has 0 amide bonds. The molecule has 21 heavy (non-hydrogen) atoms. The average Bonchev–Trinajstić information content (AvgIpc) is 2.37. The Morgan fingerprint density at radius 3 is 2.62 bits per heavy atom. The van der Waals surface area contributed by atoms with Crippen LogP contribution >= 0.6 is 0 Å². The number of ether oxygens (including phenoxy) is 2. The molecule has 0 spiro atoms. The Morgan fingerprint density at radius 1 is 1.38 bits per heavy atom. The summed E-state index contributed by atoms with van der Waals surface area (Å²) in [6.07, 6.45) is 1.75. The summed E-state index contributed by atoms with van der Waals surface area (Å²) in [5.41, 5.74) is 0.405. The van der Waals surface area contributed by atoms with Gasteiger partial charge in [0.15, 0.2) is 5.71 Å². The van der Waals surface area contributed by atoms with Crippen LogP contribution in [-0.2, 0) is 19.1 Å². The van der Waals surface area contributed by atoms with E-state index in [9.17, 15) is 9.59 Å². The van der Waals surface area contributed by atoms with Crippen LogP contribution in [0.1, 0.15) is 13.8 Å². The Kier molecular flexibility index (Phi) is 6.48. The first-order valence-electron chi connectivity index (χ1n) is 7.30. The lowest BCUT2D eigenvalue weighted by Crippen LogP contribution is -2.33. The monoisotopic (exact) mass is 311 g/mol. The van der Waals surface area contributed by atoms with Gasteiger partial charge in [-0.3, -0.25) is 9.79 Å². The summed E-state index contributed by atoms with van der Waals surface area (Å²) in [6.45, 7) is 11.6. The molecule has 1 unspecified atom stereocenters. The van der Waals surface area contributed by atoms with Crippen LogP contribution in [0.25, 0.3) is 0 Å². The van der Waals surface area contributed by atoms with Gasteiger partial charge in [-0.05, 0) is 25.5 Å². The predicted octanol–water partition coefficient (Wildman–Crippen LogP) is 2.24. The van der Waals surface area contributed by atoms with Crippen molar-refractivity contribution in [3.8, 4) is 0 Å². The number of carbonyl (C=O) groups excluding carboxylic acids is 2. The highest BCUT2D eigenvalue weighted by Crippen LogP contribution is 2.13. The molecule has 0 bridgehead atoms. The van der Waals surface area contributed by atoms with Gasteiger partial charge >= 0.3 is 5.97 Å². The number of carbonyl (C=O) groups is 2. The zero-order valence-corrected chi connectivity index (χ0v) is 14.6. The van der Waals surface area contributed by atoms with Crippen molar-refractivity contribution >= 4 is 25.5 Å². The van der Waals surface area contributed by atoms with Crippen molar-refractivity contribution in [1.29, 1.82) is 0 Å². The molecule has 1 aliphatic rings. The second-order valence-electron chi connectivity index (χ2n) is 6.33. The zero-order chi connectivity index (χ0) is 16.0. The van der Waals surface area contributed by atoms with Gasteiger partial charge in [0, 0.05) is 14.7 Å². The number of esters is 1. The number of Topliss-reactive ketones (excluding diaryl/α,β-unsaturated/α-hetero) is 1. The van der Waals surface area contributed by atoms with Crippen LogP contribution in [0, 0.1) is 0 Å². The Balaban J connectivity index is 2.61. The fourth-order valence-corrected chi connectivity index (χ4v) is 2.58. The molecule has 1 atom stereocenters. The Labute approximate surface area is 127 Å². The molecule has 0 aliphatic carbocycles. The molecule has 0 saturated carbocycles. The van der Waals surface area contributed by atoms with Crippen LogP contribution < -0.4 is 0 Å². The van der Waals surface area contributed by atoms with Crippen LogP contribution in [0.15, 0.2) is 16.6 Å². The highest BCUT2D eigenvalue weighted by Gasteiger charge is 2.28. The Bertz CT molecular complexity index is 463. The lowest BCUT2D eigenvalue weighted by molar-refractivity contribution is -0.135. The maximum atomic E-state index is 11.9. The molecule has 0 aromatic rings. The summed E-state index contributed by atoms with van der Waals surface area (Å²) in [7, 11) is -1.12. The van der Waals surface area contributed by atoms with E-state index in [1.165, 1.54) is 0 Å². The number of rotatable bonds is 7. The van der Waals surface area contributed by atoms with Crippen LogP contribution in [0.3, 0.4) is 0 Å². The maximum Gasteiger partial charge on any atom is 0.360 e.